The van der Waals surface area contributed by atoms with Gasteiger partial charge in [-0.1, -0.05) is 17.7 Å². The highest BCUT2D eigenvalue weighted by molar-refractivity contribution is 7.89. The van der Waals surface area contributed by atoms with Crippen molar-refractivity contribution in [1.29, 1.82) is 0 Å². The van der Waals surface area contributed by atoms with Crippen molar-refractivity contribution in [3.63, 3.8) is 0 Å². The normalized spacial score (nSPS) is 18.6. The summed E-state index contributed by atoms with van der Waals surface area (Å²) in [5, 5.41) is 0. The van der Waals surface area contributed by atoms with Gasteiger partial charge in [-0.05, 0) is 31.9 Å². The number of nitrogens with two attached hydrogens (primary N) is 1. The lowest BCUT2D eigenvalue weighted by Crippen LogP contribution is -2.40. The molecule has 1 saturated heterocycles. The van der Waals surface area contributed by atoms with E-state index in [1.165, 1.54) is 4.31 Å². The molecule has 1 aliphatic heterocycles. The summed E-state index contributed by atoms with van der Waals surface area (Å²) in [6.45, 7) is 2.28. The van der Waals surface area contributed by atoms with Gasteiger partial charge in [-0.2, -0.15) is 9.29 Å². The molecule has 3 rings (SSSR count). The van der Waals surface area contributed by atoms with Crippen molar-refractivity contribution in [2.24, 2.45) is 0 Å². The van der Waals surface area contributed by atoms with Gasteiger partial charge in [0.1, 0.15) is 0 Å². The van der Waals surface area contributed by atoms with Gasteiger partial charge in [0.05, 0.1) is 4.90 Å². The van der Waals surface area contributed by atoms with Crippen LogP contribution in [-0.2, 0) is 16.6 Å². The fourth-order valence-corrected chi connectivity index (χ4v) is 4.68. The molecule has 1 aromatic heterocycles. The van der Waals surface area contributed by atoms with Crippen molar-refractivity contribution < 1.29 is 12.8 Å². The van der Waals surface area contributed by atoms with E-state index >= 15 is 0 Å². The second kappa shape index (κ2) is 6.57. The Morgan fingerprint density at radius 3 is 2.68 bits per heavy atom. The summed E-state index contributed by atoms with van der Waals surface area (Å²) in [5.41, 5.74) is 5.55. The molecule has 0 unspecified atom stereocenters. The first-order valence-corrected chi connectivity index (χ1v) is 9.34. The summed E-state index contributed by atoms with van der Waals surface area (Å²) < 4.78 is 41.8. The summed E-state index contributed by atoms with van der Waals surface area (Å²) in [4.78, 5) is 15.5. The third kappa shape index (κ3) is 3.42. The van der Waals surface area contributed by atoms with Crippen LogP contribution in [0, 0.1) is 12.7 Å². The Hall–Kier alpha value is -2.26. The molecule has 7 nitrogen and oxygen atoms in total. The highest BCUT2D eigenvalue weighted by Gasteiger charge is 2.35. The summed E-state index contributed by atoms with van der Waals surface area (Å²) in [7, 11) is -3.68. The quantitative estimate of drug-likeness (QED) is 0.874. The molecule has 1 atom stereocenters. The van der Waals surface area contributed by atoms with Gasteiger partial charge < -0.3 is 5.73 Å². The van der Waals surface area contributed by atoms with Gasteiger partial charge in [0, 0.05) is 25.3 Å². The number of benzene rings is 1. The molecule has 9 heteroatoms. The van der Waals surface area contributed by atoms with Gasteiger partial charge in [0.2, 0.25) is 10.0 Å². The molecular formula is C16H19FN4O3S. The molecule has 2 heterocycles. The Balaban J connectivity index is 1.89. The molecule has 0 bridgehead atoms. The van der Waals surface area contributed by atoms with Crippen LogP contribution < -0.4 is 11.4 Å². The Labute approximate surface area is 145 Å². The number of sulfonamides is 1. The van der Waals surface area contributed by atoms with E-state index in [9.17, 15) is 17.6 Å². The topological polar surface area (TPSA) is 98.3 Å². The van der Waals surface area contributed by atoms with Crippen LogP contribution in [0.2, 0.25) is 0 Å². The second-order valence-electron chi connectivity index (χ2n) is 6.13. The lowest BCUT2D eigenvalue weighted by molar-refractivity contribution is 0.345. The lowest BCUT2D eigenvalue weighted by Gasteiger charge is -2.24. The Morgan fingerprint density at radius 2 is 2.00 bits per heavy atom. The van der Waals surface area contributed by atoms with Gasteiger partial charge >= 0.3 is 5.69 Å². The molecule has 25 heavy (non-hydrogen) atoms. The molecule has 1 aromatic carbocycles. The average Bonchev–Trinajstić information content (AvgIpc) is 3.02. The third-order valence-electron chi connectivity index (χ3n) is 4.33. The van der Waals surface area contributed by atoms with E-state index in [0.717, 1.165) is 16.3 Å². The van der Waals surface area contributed by atoms with E-state index in [4.69, 9.17) is 5.73 Å². The Kier molecular flexibility index (Phi) is 4.61. The highest BCUT2D eigenvalue weighted by atomic mass is 32.2. The van der Waals surface area contributed by atoms with Crippen LogP contribution in [0.1, 0.15) is 18.4 Å². The summed E-state index contributed by atoms with van der Waals surface area (Å²) in [5.74, 6) is -1.26. The fourth-order valence-electron chi connectivity index (χ4n) is 2.99. The van der Waals surface area contributed by atoms with Crippen molar-refractivity contribution >= 4 is 15.8 Å². The van der Waals surface area contributed by atoms with Gasteiger partial charge in [-0.15, -0.1) is 0 Å². The molecule has 2 N–H and O–H groups in total. The van der Waals surface area contributed by atoms with Gasteiger partial charge in [-0.3, -0.25) is 4.57 Å². The van der Waals surface area contributed by atoms with E-state index in [-0.39, 0.29) is 11.4 Å². The van der Waals surface area contributed by atoms with Gasteiger partial charge in [0.15, 0.2) is 11.6 Å². The maximum absolute atomic E-state index is 13.6. The van der Waals surface area contributed by atoms with Crippen LogP contribution in [0.5, 0.6) is 0 Å². The van der Waals surface area contributed by atoms with Crippen LogP contribution in [-0.4, -0.2) is 34.9 Å². The summed E-state index contributed by atoms with van der Waals surface area (Å²) in [6.07, 6.45) is 2.23. The SMILES string of the molecule is Cc1ccc(S(=O)(=O)N2CCC[C@@H]2Cn2cc(F)c(N)nc2=O)cc1. The minimum absolute atomic E-state index is 0.0358. The van der Waals surface area contributed by atoms with Gasteiger partial charge in [0.25, 0.3) is 0 Å². The van der Waals surface area contributed by atoms with Crippen LogP contribution in [0.15, 0.2) is 40.2 Å². The number of halogens is 1. The summed E-state index contributed by atoms with van der Waals surface area (Å²) >= 11 is 0. The number of aromatic nitrogens is 2. The molecule has 0 spiro atoms. The zero-order valence-corrected chi connectivity index (χ0v) is 14.5. The van der Waals surface area contributed by atoms with Crippen LogP contribution in [0.4, 0.5) is 10.2 Å². The summed E-state index contributed by atoms with van der Waals surface area (Å²) in [6, 6.07) is 6.17. The fraction of sp³-hybridized carbons (Fsp3) is 0.375. The molecule has 1 fully saturated rings. The van der Waals surface area contributed by atoms with Crippen molar-refractivity contribution in [3.8, 4) is 0 Å². The van der Waals surface area contributed by atoms with Gasteiger partial charge in [-0.25, -0.2) is 17.6 Å². The molecule has 134 valence electrons. The first-order valence-electron chi connectivity index (χ1n) is 7.90. The van der Waals surface area contributed by atoms with Crippen LogP contribution in [0.25, 0.3) is 0 Å². The monoisotopic (exact) mass is 366 g/mol. The van der Waals surface area contributed by atoms with E-state index < -0.39 is 33.4 Å². The number of anilines is 1. The maximum Gasteiger partial charge on any atom is 0.349 e. The molecule has 2 aromatic rings. The van der Waals surface area contributed by atoms with E-state index in [1.807, 2.05) is 6.92 Å². The maximum atomic E-state index is 13.6. The number of rotatable bonds is 4. The number of aryl methyl sites for hydroxylation is 1. The third-order valence-corrected chi connectivity index (χ3v) is 6.30. The molecule has 0 saturated carbocycles. The van der Waals surface area contributed by atoms with Crippen molar-refractivity contribution in [2.75, 3.05) is 12.3 Å². The zero-order valence-electron chi connectivity index (χ0n) is 13.7. The second-order valence-corrected chi connectivity index (χ2v) is 8.02. The smallest absolute Gasteiger partial charge is 0.349 e. The molecule has 0 aliphatic carbocycles. The standard InChI is InChI=1S/C16H19FN4O3S/c1-11-4-6-13(7-5-11)25(23,24)21-8-2-3-12(21)9-20-10-14(17)15(18)19-16(20)22/h4-7,10,12H,2-3,8-9H2,1H3,(H2,18,19,22)/t12-/m1/s1. The number of hydrogen-bond donors (Lipinski definition) is 1. The Bertz CT molecular complexity index is 941. The number of nitrogens with zero attached hydrogens (tertiary/aromatic N) is 3. The largest absolute Gasteiger partial charge is 0.381 e. The predicted octanol–water partition coefficient (Wildman–Crippen LogP) is 1.13. The van der Waals surface area contributed by atoms with E-state index in [2.05, 4.69) is 4.98 Å². The average molecular weight is 366 g/mol. The molecule has 0 amide bonds. The number of hydrogen-bond acceptors (Lipinski definition) is 5. The van der Waals surface area contributed by atoms with Crippen LogP contribution >= 0.6 is 0 Å². The van der Waals surface area contributed by atoms with Crippen LogP contribution in [0.3, 0.4) is 0 Å². The first-order chi connectivity index (χ1) is 11.8. The number of nitrogen functional groups attached to an aromatic ring is 1. The molecular weight excluding hydrogens is 347 g/mol. The van der Waals surface area contributed by atoms with Crippen molar-refractivity contribution in [3.05, 3.63) is 52.3 Å². The first kappa shape index (κ1) is 17.6. The van der Waals surface area contributed by atoms with E-state index in [0.29, 0.717) is 19.4 Å². The highest BCUT2D eigenvalue weighted by Crippen LogP contribution is 2.27. The van der Waals surface area contributed by atoms with E-state index in [1.54, 1.807) is 24.3 Å². The minimum atomic E-state index is -3.68. The lowest BCUT2D eigenvalue weighted by atomic mass is 10.2. The van der Waals surface area contributed by atoms with Crippen molar-refractivity contribution in [1.82, 2.24) is 13.9 Å². The van der Waals surface area contributed by atoms with Crippen molar-refractivity contribution in [2.45, 2.75) is 37.2 Å². The molecule has 1 aliphatic rings. The minimum Gasteiger partial charge on any atom is -0.381 e. The molecule has 0 radical (unpaired) electrons. The zero-order chi connectivity index (χ0) is 18.2. The predicted molar refractivity (Wildman–Crippen MR) is 91.0 cm³/mol. The Morgan fingerprint density at radius 1 is 1.32 bits per heavy atom.